The standard InChI is InChI=1S/4C25H21F2N3O4/c4*1-15-6-5-13-34-24-17(9-10-18(26)20(24)27)21(16-7-3-2-4-8-16)30-14-28(15)25(33)22-23(32)19(31)11-12-29(22)30/h4*2-12,15,21,32H,13-14H2,1H3/b4*6-5+/t2*15-,21+;2*15-,21-/m1010/s1. The molecule has 12 aromatic rings. The number of halogens is 8. The number of pyridine rings is 4. The van der Waals surface area contributed by atoms with Gasteiger partial charge in [0.15, 0.2) is 92.0 Å². The van der Waals surface area contributed by atoms with Gasteiger partial charge >= 0.3 is 0 Å². The largest absolute Gasteiger partial charge is 0.502 e. The Morgan fingerprint density at radius 1 is 0.265 bits per heavy atom. The van der Waals surface area contributed by atoms with E-state index in [0.29, 0.717) is 44.5 Å². The summed E-state index contributed by atoms with van der Waals surface area (Å²) in [5.74, 6) is -14.5. The summed E-state index contributed by atoms with van der Waals surface area (Å²) in [6.45, 7) is 7.10. The first kappa shape index (κ1) is 91.3. The van der Waals surface area contributed by atoms with E-state index in [-0.39, 0.29) is 98.9 Å². The molecule has 136 heavy (non-hydrogen) atoms. The van der Waals surface area contributed by atoms with Gasteiger partial charge < -0.3 is 59.0 Å². The molecule has 0 saturated carbocycles. The molecule has 36 heteroatoms. The van der Waals surface area contributed by atoms with E-state index in [1.807, 2.05) is 121 Å². The third-order valence-corrected chi connectivity index (χ3v) is 24.4. The van der Waals surface area contributed by atoms with Crippen molar-refractivity contribution in [3.8, 4) is 46.0 Å². The number of carbonyl (C=O) groups excluding carboxylic acids is 4. The van der Waals surface area contributed by atoms with Crippen LogP contribution in [0.2, 0.25) is 0 Å². The number of nitrogens with zero attached hydrogens (tertiary/aromatic N) is 12. The fourth-order valence-corrected chi connectivity index (χ4v) is 17.7. The first-order valence-electron chi connectivity index (χ1n) is 42.9. The van der Waals surface area contributed by atoms with Gasteiger partial charge in [0.2, 0.25) is 45.0 Å². The molecule has 0 spiro atoms. The molecule has 4 aromatic heterocycles. The van der Waals surface area contributed by atoms with E-state index in [4.69, 9.17) is 18.9 Å². The lowest BCUT2D eigenvalue weighted by Crippen LogP contribution is -2.57. The first-order valence-corrected chi connectivity index (χ1v) is 42.9. The Kier molecular flexibility index (Phi) is 25.5. The van der Waals surface area contributed by atoms with Crippen LogP contribution in [-0.4, -0.2) is 160 Å². The smallest absolute Gasteiger partial charge is 0.278 e. The monoisotopic (exact) mass is 1860 g/mol. The van der Waals surface area contributed by atoms with E-state index < -0.39 is 163 Å². The molecule has 8 aromatic carbocycles. The SMILES string of the molecule is C[C@@H]1/C=C/COc2c(ccc(F)c2F)[C@@H](c2ccccc2)N2CN1C(=O)c1c(O)c(=O)ccn12.C[C@@H]1/C=C/COc2c(ccc(F)c2F)[C@H](c2ccccc2)N2CN1C(=O)c1c(O)c(=O)ccn12.C[C@H]1/C=C/COc2c(ccc(F)c2F)[C@@H](c2ccccc2)N2CN1C(=O)c1c(O)c(=O)ccn12.C[C@H]1/C=C/COc2c(ccc(F)c2F)[C@H](c2ccccc2)N2CN1C(=O)c1c(O)c(=O)ccn12. The lowest BCUT2D eigenvalue weighted by molar-refractivity contribution is 0.0635. The van der Waals surface area contributed by atoms with Crippen molar-refractivity contribution in [1.82, 2.24) is 38.3 Å². The van der Waals surface area contributed by atoms with Crippen LogP contribution in [0.15, 0.2) is 287 Å². The Labute approximate surface area is 769 Å². The lowest BCUT2D eigenvalue weighted by atomic mass is 9.96. The summed E-state index contributed by atoms with van der Waals surface area (Å²) in [6.07, 6.45) is 18.8. The van der Waals surface area contributed by atoms with Crippen LogP contribution < -0.4 is 60.7 Å². The maximum Gasteiger partial charge on any atom is 0.278 e. The fraction of sp³-hybridized carbons (Fsp3) is 0.200. The Balaban J connectivity index is 0.000000126. The van der Waals surface area contributed by atoms with Crippen molar-refractivity contribution in [2.75, 3.05) is 73.1 Å². The van der Waals surface area contributed by atoms with Crippen molar-refractivity contribution in [2.45, 2.75) is 76.0 Å². The molecule has 0 aliphatic carbocycles. The molecule has 8 aliphatic heterocycles. The van der Waals surface area contributed by atoms with Gasteiger partial charge in [-0.3, -0.25) is 77.1 Å². The van der Waals surface area contributed by atoms with Gasteiger partial charge in [0.1, 0.15) is 77.3 Å². The van der Waals surface area contributed by atoms with Crippen molar-refractivity contribution < 1.29 is 93.7 Å². The molecule has 28 nitrogen and oxygen atoms in total. The zero-order valence-corrected chi connectivity index (χ0v) is 72.8. The van der Waals surface area contributed by atoms with E-state index in [0.717, 1.165) is 48.5 Å². The van der Waals surface area contributed by atoms with Crippen molar-refractivity contribution in [3.63, 3.8) is 0 Å². The summed E-state index contributed by atoms with van der Waals surface area (Å²) < 4.78 is 145. The van der Waals surface area contributed by atoms with E-state index >= 15 is 0 Å². The van der Waals surface area contributed by atoms with Crippen molar-refractivity contribution in [2.24, 2.45) is 0 Å². The summed E-state index contributed by atoms with van der Waals surface area (Å²) in [7, 11) is 0. The summed E-state index contributed by atoms with van der Waals surface area (Å²) in [5, 5.41) is 49.1. The van der Waals surface area contributed by atoms with Gasteiger partial charge in [0, 0.05) is 95.5 Å². The highest BCUT2D eigenvalue weighted by Crippen LogP contribution is 2.46. The van der Waals surface area contributed by atoms with Gasteiger partial charge in [0.25, 0.3) is 23.6 Å². The maximum absolute atomic E-state index is 15.0. The number of carbonyl (C=O) groups is 4. The van der Waals surface area contributed by atoms with E-state index in [1.165, 1.54) is 87.4 Å². The summed E-state index contributed by atoms with van der Waals surface area (Å²) >= 11 is 0. The third kappa shape index (κ3) is 16.8. The number of hydrogen-bond donors (Lipinski definition) is 4. The zero-order valence-electron chi connectivity index (χ0n) is 72.8. The van der Waals surface area contributed by atoms with Crippen molar-refractivity contribution >= 4 is 23.6 Å². The molecule has 0 unspecified atom stereocenters. The van der Waals surface area contributed by atoms with Gasteiger partial charge in [0.05, 0.1) is 0 Å². The zero-order chi connectivity index (χ0) is 95.9. The summed E-state index contributed by atoms with van der Waals surface area (Å²) in [4.78, 5) is 108. The third-order valence-electron chi connectivity index (χ3n) is 24.4. The number of amides is 4. The molecule has 8 aliphatic rings. The van der Waals surface area contributed by atoms with Gasteiger partial charge in [-0.1, -0.05) is 146 Å². The highest BCUT2D eigenvalue weighted by atomic mass is 19.2. The predicted molar refractivity (Wildman–Crippen MR) is 481 cm³/mol. The number of rotatable bonds is 4. The molecular weight excluding hydrogens is 1780 g/mol. The molecule has 8 atom stereocenters. The van der Waals surface area contributed by atoms with Gasteiger partial charge in [-0.25, -0.2) is 17.6 Å². The Morgan fingerprint density at radius 2 is 0.456 bits per heavy atom. The molecule has 0 radical (unpaired) electrons. The number of fused-ring (bicyclic) bond motifs is 20. The van der Waals surface area contributed by atoms with Crippen LogP contribution in [0, 0.1) is 46.5 Å². The number of hydrogen-bond acceptors (Lipinski definition) is 20. The minimum absolute atomic E-state index is 0.0393. The van der Waals surface area contributed by atoms with Crippen molar-refractivity contribution in [1.29, 1.82) is 0 Å². The maximum atomic E-state index is 15.0. The summed E-state index contributed by atoms with van der Waals surface area (Å²) in [5.41, 5.74) is 0.535. The second kappa shape index (κ2) is 38.0. The quantitative estimate of drug-likeness (QED) is 0.0940. The van der Waals surface area contributed by atoms with Crippen LogP contribution in [0.5, 0.6) is 46.0 Å². The van der Waals surface area contributed by atoms with Gasteiger partial charge in [-0.2, -0.15) is 17.6 Å². The molecule has 0 saturated heterocycles. The van der Waals surface area contributed by atoms with Crippen LogP contribution in [0.1, 0.15) is 138 Å². The van der Waals surface area contributed by atoms with Crippen LogP contribution in [0.25, 0.3) is 0 Å². The second-order valence-electron chi connectivity index (χ2n) is 32.6. The number of ether oxygens (including phenoxy) is 4. The lowest BCUT2D eigenvalue weighted by Gasteiger charge is -2.45. The minimum Gasteiger partial charge on any atom is -0.502 e. The number of aromatic nitrogens is 4. The topological polar surface area (TPSA) is 300 Å². The fourth-order valence-electron chi connectivity index (χ4n) is 17.7. The van der Waals surface area contributed by atoms with E-state index in [1.54, 1.807) is 96.3 Å². The number of aromatic hydroxyl groups is 4. The van der Waals surface area contributed by atoms with Gasteiger partial charge in [-0.15, -0.1) is 0 Å². The Bertz CT molecular complexity index is 6260. The molecule has 0 fully saturated rings. The molecule has 4 amide bonds. The number of benzene rings is 8. The van der Waals surface area contributed by atoms with Crippen LogP contribution in [-0.2, 0) is 0 Å². The highest BCUT2D eigenvalue weighted by molar-refractivity contribution is 5.99. The molecule has 20 rings (SSSR count). The highest BCUT2D eigenvalue weighted by Gasteiger charge is 2.46. The van der Waals surface area contributed by atoms with E-state index in [9.17, 15) is 93.9 Å². The Hall–Kier alpha value is -16.6. The molecule has 4 N–H and O–H groups in total. The minimum atomic E-state index is -1.12. The van der Waals surface area contributed by atoms with Gasteiger partial charge in [-0.05, 0) is 123 Å². The first-order chi connectivity index (χ1) is 65.5. The molecular formula is C100H84F8N12O16. The molecule has 8 bridgehead atoms. The van der Waals surface area contributed by atoms with Crippen LogP contribution >= 0.6 is 0 Å². The molecule has 696 valence electrons. The Morgan fingerprint density at radius 3 is 0.647 bits per heavy atom. The average molecular weight is 1860 g/mol. The van der Waals surface area contributed by atoms with Crippen LogP contribution in [0.4, 0.5) is 35.1 Å². The van der Waals surface area contributed by atoms with E-state index in [2.05, 4.69) is 0 Å². The van der Waals surface area contributed by atoms with Crippen LogP contribution in [0.3, 0.4) is 0 Å². The molecule has 12 heterocycles. The summed E-state index contributed by atoms with van der Waals surface area (Å²) in [6, 6.07) is 46.0. The predicted octanol–water partition coefficient (Wildman–Crippen LogP) is 13.2. The van der Waals surface area contributed by atoms with Crippen molar-refractivity contribution in [3.05, 3.63) is 422 Å². The average Bonchev–Trinajstić information content (AvgIpc) is 0.883. The normalized spacial score (nSPS) is 20.6. The second-order valence-corrected chi connectivity index (χ2v) is 32.6.